The van der Waals surface area contributed by atoms with E-state index < -0.39 is 5.97 Å². The molecule has 1 aliphatic rings. The molecule has 1 aliphatic heterocycles. The van der Waals surface area contributed by atoms with Gasteiger partial charge in [0.2, 0.25) is 0 Å². The van der Waals surface area contributed by atoms with Crippen molar-refractivity contribution < 1.29 is 15.0 Å². The second kappa shape index (κ2) is 5.57. The normalized spacial score (nSPS) is 13.9. The molecule has 1 aromatic heterocycles. The molecule has 0 amide bonds. The van der Waals surface area contributed by atoms with E-state index in [1.54, 1.807) is 12.1 Å². The average molecular weight is 287 g/mol. The lowest BCUT2D eigenvalue weighted by Gasteiger charge is -2.15. The smallest absolute Gasteiger partial charge is 0.305 e. The van der Waals surface area contributed by atoms with Gasteiger partial charge in [-0.1, -0.05) is 0 Å². The summed E-state index contributed by atoms with van der Waals surface area (Å²) in [5, 5.41) is 26.2. The number of aliphatic carboxylic acids is 1. The topological polar surface area (TPSA) is 87.4 Å². The first-order valence-corrected chi connectivity index (χ1v) is 6.95. The van der Waals surface area contributed by atoms with Crippen molar-refractivity contribution >= 4 is 5.97 Å². The van der Waals surface area contributed by atoms with Crippen LogP contribution in [0.4, 0.5) is 0 Å². The predicted molar refractivity (Wildman–Crippen MR) is 77.0 cm³/mol. The predicted octanol–water partition coefficient (Wildman–Crippen LogP) is 1.38. The Morgan fingerprint density at radius 2 is 2.10 bits per heavy atom. The lowest BCUT2D eigenvalue weighted by molar-refractivity contribution is -0.137. The molecule has 1 aromatic carbocycles. The number of hydrogen-bond acceptors (Lipinski definition) is 4. The van der Waals surface area contributed by atoms with Gasteiger partial charge in [0.15, 0.2) is 0 Å². The first kappa shape index (κ1) is 13.6. The van der Waals surface area contributed by atoms with Crippen LogP contribution in [0.3, 0.4) is 0 Å². The van der Waals surface area contributed by atoms with Crippen LogP contribution in [0.2, 0.25) is 0 Å². The van der Waals surface area contributed by atoms with Crippen molar-refractivity contribution in [2.75, 3.05) is 6.54 Å². The summed E-state index contributed by atoms with van der Waals surface area (Å²) in [6, 6.07) is 6.92. The summed E-state index contributed by atoms with van der Waals surface area (Å²) in [5.74, 6) is -0.601. The number of aryl methyl sites for hydroxylation is 1. The fourth-order valence-electron chi connectivity index (χ4n) is 2.66. The minimum Gasteiger partial charge on any atom is -0.508 e. The van der Waals surface area contributed by atoms with Crippen molar-refractivity contribution in [1.29, 1.82) is 0 Å². The zero-order valence-corrected chi connectivity index (χ0v) is 11.5. The molecule has 0 bridgehead atoms. The van der Waals surface area contributed by atoms with Crippen LogP contribution in [-0.4, -0.2) is 32.5 Å². The second-order valence-electron chi connectivity index (χ2n) is 5.11. The summed E-state index contributed by atoms with van der Waals surface area (Å²) < 4.78 is 1.81. The van der Waals surface area contributed by atoms with Gasteiger partial charge < -0.3 is 15.5 Å². The number of nitrogens with one attached hydrogen (secondary N) is 1. The number of rotatable bonds is 4. The van der Waals surface area contributed by atoms with Crippen LogP contribution in [-0.2, 0) is 24.3 Å². The van der Waals surface area contributed by atoms with E-state index >= 15 is 0 Å². The van der Waals surface area contributed by atoms with Gasteiger partial charge in [0.1, 0.15) is 5.75 Å². The molecule has 2 aromatic rings. The molecule has 6 nitrogen and oxygen atoms in total. The monoisotopic (exact) mass is 287 g/mol. The molecule has 110 valence electrons. The zero-order chi connectivity index (χ0) is 14.8. The Bertz CT molecular complexity index is 662. The van der Waals surface area contributed by atoms with E-state index in [9.17, 15) is 9.90 Å². The third kappa shape index (κ3) is 2.75. The highest BCUT2D eigenvalue weighted by Crippen LogP contribution is 2.28. The fraction of sp³-hybridized carbons (Fsp3) is 0.333. The van der Waals surface area contributed by atoms with E-state index in [1.807, 2.05) is 16.8 Å². The third-order valence-corrected chi connectivity index (χ3v) is 3.69. The molecular weight excluding hydrogens is 270 g/mol. The number of benzene rings is 1. The Kier molecular flexibility index (Phi) is 3.62. The third-order valence-electron chi connectivity index (χ3n) is 3.69. The Morgan fingerprint density at radius 1 is 1.33 bits per heavy atom. The number of carboxylic acids is 1. The SMILES string of the molecule is O=C(O)CCn1nc(-c2ccc(O)cc2)c2c1CCNC2. The standard InChI is InChI=1S/C15H17N3O3/c19-11-3-1-10(2-4-11)15-12-9-16-7-5-13(12)18(17-15)8-6-14(20)21/h1-4,16,19H,5-9H2,(H,20,21). The molecule has 0 aliphatic carbocycles. The largest absolute Gasteiger partial charge is 0.508 e. The molecule has 21 heavy (non-hydrogen) atoms. The van der Waals surface area contributed by atoms with Gasteiger partial charge in [-0.3, -0.25) is 9.48 Å². The maximum absolute atomic E-state index is 10.8. The molecule has 0 saturated heterocycles. The van der Waals surface area contributed by atoms with Gasteiger partial charge in [-0.15, -0.1) is 0 Å². The molecule has 0 saturated carbocycles. The summed E-state index contributed by atoms with van der Waals surface area (Å²) in [6.45, 7) is 2.00. The summed E-state index contributed by atoms with van der Waals surface area (Å²) in [5.41, 5.74) is 4.03. The number of aromatic hydroxyl groups is 1. The second-order valence-corrected chi connectivity index (χ2v) is 5.11. The first-order valence-electron chi connectivity index (χ1n) is 6.95. The van der Waals surface area contributed by atoms with Crippen molar-refractivity contribution in [2.45, 2.75) is 25.9 Å². The molecular formula is C15H17N3O3. The van der Waals surface area contributed by atoms with Crippen molar-refractivity contribution in [3.8, 4) is 17.0 Å². The Balaban J connectivity index is 2.00. The summed E-state index contributed by atoms with van der Waals surface area (Å²) in [7, 11) is 0. The van der Waals surface area contributed by atoms with Crippen molar-refractivity contribution in [2.24, 2.45) is 0 Å². The molecule has 3 rings (SSSR count). The molecule has 3 N–H and O–H groups in total. The van der Waals surface area contributed by atoms with Gasteiger partial charge in [0.25, 0.3) is 0 Å². The molecule has 2 heterocycles. The maximum atomic E-state index is 10.8. The Labute approximate surface area is 122 Å². The van der Waals surface area contributed by atoms with E-state index in [-0.39, 0.29) is 12.2 Å². The van der Waals surface area contributed by atoms with Crippen LogP contribution >= 0.6 is 0 Å². The average Bonchev–Trinajstić information content (AvgIpc) is 2.85. The first-order chi connectivity index (χ1) is 10.1. The van der Waals surface area contributed by atoms with Crippen LogP contribution in [0.25, 0.3) is 11.3 Å². The highest BCUT2D eigenvalue weighted by Gasteiger charge is 2.21. The van der Waals surface area contributed by atoms with Gasteiger partial charge >= 0.3 is 5.97 Å². The van der Waals surface area contributed by atoms with Gasteiger partial charge in [-0.05, 0) is 24.3 Å². The summed E-state index contributed by atoms with van der Waals surface area (Å²) in [6.07, 6.45) is 0.913. The molecule has 0 radical (unpaired) electrons. The lowest BCUT2D eigenvalue weighted by atomic mass is 10.0. The molecule has 0 unspecified atom stereocenters. The lowest BCUT2D eigenvalue weighted by Crippen LogP contribution is -2.25. The van der Waals surface area contributed by atoms with Gasteiger partial charge in [0.05, 0.1) is 18.7 Å². The highest BCUT2D eigenvalue weighted by molar-refractivity contribution is 5.67. The maximum Gasteiger partial charge on any atom is 0.305 e. The number of carbonyl (C=O) groups is 1. The van der Waals surface area contributed by atoms with E-state index in [0.717, 1.165) is 42.0 Å². The summed E-state index contributed by atoms with van der Waals surface area (Å²) >= 11 is 0. The van der Waals surface area contributed by atoms with E-state index in [2.05, 4.69) is 10.4 Å². The van der Waals surface area contributed by atoms with E-state index in [0.29, 0.717) is 6.54 Å². The number of hydrogen-bond donors (Lipinski definition) is 3. The van der Waals surface area contributed by atoms with Crippen LogP contribution in [0.1, 0.15) is 17.7 Å². The Hall–Kier alpha value is -2.34. The number of phenols is 1. The van der Waals surface area contributed by atoms with Gasteiger partial charge in [-0.2, -0.15) is 5.10 Å². The number of carboxylic acid groups (broad SMARTS) is 1. The van der Waals surface area contributed by atoms with Crippen molar-refractivity contribution in [3.05, 3.63) is 35.5 Å². The highest BCUT2D eigenvalue weighted by atomic mass is 16.4. The molecule has 6 heteroatoms. The van der Waals surface area contributed by atoms with E-state index in [1.165, 1.54) is 0 Å². The van der Waals surface area contributed by atoms with Gasteiger partial charge in [0, 0.05) is 36.3 Å². The number of aromatic nitrogens is 2. The van der Waals surface area contributed by atoms with Gasteiger partial charge in [-0.25, -0.2) is 0 Å². The minimum atomic E-state index is -0.820. The number of fused-ring (bicyclic) bond motifs is 1. The van der Waals surface area contributed by atoms with Crippen LogP contribution in [0, 0.1) is 0 Å². The molecule has 0 spiro atoms. The van der Waals surface area contributed by atoms with Crippen LogP contribution in [0.15, 0.2) is 24.3 Å². The quantitative estimate of drug-likeness (QED) is 0.790. The van der Waals surface area contributed by atoms with Crippen molar-refractivity contribution in [3.63, 3.8) is 0 Å². The molecule has 0 fully saturated rings. The summed E-state index contributed by atoms with van der Waals surface area (Å²) in [4.78, 5) is 10.8. The fourth-order valence-corrected chi connectivity index (χ4v) is 2.66. The molecule has 0 atom stereocenters. The number of phenolic OH excluding ortho intramolecular Hbond substituents is 1. The van der Waals surface area contributed by atoms with Crippen LogP contribution in [0.5, 0.6) is 5.75 Å². The van der Waals surface area contributed by atoms with Crippen molar-refractivity contribution in [1.82, 2.24) is 15.1 Å². The zero-order valence-electron chi connectivity index (χ0n) is 11.5. The van der Waals surface area contributed by atoms with E-state index in [4.69, 9.17) is 5.11 Å². The minimum absolute atomic E-state index is 0.0660. The number of nitrogens with zero attached hydrogens (tertiary/aromatic N) is 2. The van der Waals surface area contributed by atoms with Crippen LogP contribution < -0.4 is 5.32 Å². The Morgan fingerprint density at radius 3 is 2.81 bits per heavy atom.